The molecule has 5 heteroatoms. The molecule has 4 aromatic rings. The van der Waals surface area contributed by atoms with E-state index in [1.165, 1.54) is 0 Å². The molecule has 0 amide bonds. The molecule has 0 fully saturated rings. The van der Waals surface area contributed by atoms with Crippen molar-refractivity contribution >= 4 is 38.9 Å². The van der Waals surface area contributed by atoms with Crippen molar-refractivity contribution in [1.82, 2.24) is 0 Å². The second kappa shape index (κ2) is 12.1. The molecule has 0 heterocycles. The van der Waals surface area contributed by atoms with E-state index in [1.807, 2.05) is 42.5 Å². The number of rotatable bonds is 5. The van der Waals surface area contributed by atoms with Crippen molar-refractivity contribution in [2.24, 2.45) is 0 Å². The van der Waals surface area contributed by atoms with Crippen LogP contribution in [-0.4, -0.2) is 11.1 Å². The van der Waals surface area contributed by atoms with Gasteiger partial charge in [-0.25, -0.2) is 4.79 Å². The van der Waals surface area contributed by atoms with E-state index in [9.17, 15) is 9.90 Å². The van der Waals surface area contributed by atoms with Crippen LogP contribution in [0.2, 0.25) is 0 Å². The van der Waals surface area contributed by atoms with E-state index >= 15 is 0 Å². The van der Waals surface area contributed by atoms with Gasteiger partial charge in [0.05, 0.1) is 5.69 Å². The first kappa shape index (κ1) is 26.6. The van der Waals surface area contributed by atoms with Crippen LogP contribution in [0, 0.1) is 6.58 Å². The van der Waals surface area contributed by atoms with Crippen LogP contribution in [0.25, 0.3) is 21.5 Å². The fourth-order valence-electron chi connectivity index (χ4n) is 4.24. The maximum Gasteiger partial charge on any atom is 1.00 e. The average Bonchev–Trinajstić information content (AvgIpc) is 2.91. The summed E-state index contributed by atoms with van der Waals surface area (Å²) >= 11 is 0. The topological polar surface area (TPSA) is 49.8 Å². The van der Waals surface area contributed by atoms with E-state index in [2.05, 4.69) is 61.1 Å². The molecule has 0 aromatic heterocycles. The maximum absolute atomic E-state index is 11.5. The van der Waals surface area contributed by atoms with Gasteiger partial charge in [0.1, 0.15) is 11.5 Å². The molecule has 1 N–H and O–H groups in total. The number of ether oxygens (including phenoxy) is 1. The molecule has 0 saturated heterocycles. The van der Waals surface area contributed by atoms with Gasteiger partial charge in [-0.2, -0.15) is 0 Å². The number of esters is 1. The third kappa shape index (κ3) is 5.44. The summed E-state index contributed by atoms with van der Waals surface area (Å²) in [6.45, 7) is 10.4. The van der Waals surface area contributed by atoms with Crippen molar-refractivity contribution in [3.05, 3.63) is 123 Å². The number of allylic oxidation sites excluding steroid dienone is 3. The summed E-state index contributed by atoms with van der Waals surface area (Å²) in [4.78, 5) is 13.8. The number of aromatic hydroxyl groups is 1. The minimum atomic E-state index is -0.479. The Bertz CT molecular complexity index is 1470. The predicted molar refractivity (Wildman–Crippen MR) is 144 cm³/mol. The zero-order chi connectivity index (χ0) is 24.8. The number of carbonyl (C=O) groups excluding carboxylic acids is 1. The number of nitrogens with zero attached hydrogens (tertiary/aromatic N) is 1. The molecule has 5 rings (SSSR count). The minimum Gasteiger partial charge on any atom is -0.521 e. The van der Waals surface area contributed by atoms with Gasteiger partial charge in [0.15, 0.2) is 0 Å². The number of hydrogen-bond donors (Lipinski definition) is 1. The molecule has 0 radical (unpaired) electrons. The molecule has 1 aliphatic rings. The van der Waals surface area contributed by atoms with Crippen LogP contribution in [0.5, 0.6) is 11.5 Å². The van der Waals surface area contributed by atoms with Crippen LogP contribution < -0.4 is 9.64 Å². The van der Waals surface area contributed by atoms with E-state index in [1.54, 1.807) is 12.1 Å². The number of fused-ring (bicyclic) bond motifs is 2. The zero-order valence-corrected chi connectivity index (χ0v) is 20.6. The number of phenolic OH excluding ortho intramolecular Hbond substituents is 1. The van der Waals surface area contributed by atoms with Crippen LogP contribution in [-0.2, 0) is 21.9 Å². The van der Waals surface area contributed by atoms with E-state index < -0.39 is 5.97 Å². The van der Waals surface area contributed by atoms with Crippen molar-refractivity contribution in [2.45, 2.75) is 12.8 Å². The van der Waals surface area contributed by atoms with Crippen molar-refractivity contribution in [3.8, 4) is 11.5 Å². The van der Waals surface area contributed by atoms with E-state index in [0.29, 0.717) is 5.75 Å². The van der Waals surface area contributed by atoms with Crippen molar-refractivity contribution < 1.29 is 31.7 Å². The summed E-state index contributed by atoms with van der Waals surface area (Å²) < 4.78 is 5.26. The van der Waals surface area contributed by atoms with E-state index in [0.717, 1.165) is 57.5 Å². The monoisotopic (exact) mass is 523 g/mol. The second-order valence-electron chi connectivity index (χ2n) is 7.91. The smallest absolute Gasteiger partial charge is 0.521 e. The number of carbonyl (C=O) groups is 1. The maximum atomic E-state index is 11.5. The molecular weight excluding hydrogens is 498 g/mol. The molecule has 0 saturated carbocycles. The first-order valence-electron chi connectivity index (χ1n) is 11.3. The number of hydrogen-bond acceptors (Lipinski definition) is 4. The van der Waals surface area contributed by atoms with E-state index in [4.69, 9.17) is 4.74 Å². The van der Waals surface area contributed by atoms with Crippen molar-refractivity contribution in [1.29, 1.82) is 0 Å². The molecular formula is C31H26CuNO3. The van der Waals surface area contributed by atoms with Gasteiger partial charge in [-0.05, 0) is 66.1 Å². The fraction of sp³-hybridized carbons (Fsp3) is 0.0645. The third-order valence-corrected chi connectivity index (χ3v) is 5.79. The summed E-state index contributed by atoms with van der Waals surface area (Å²) in [7, 11) is 0. The van der Waals surface area contributed by atoms with Gasteiger partial charge >= 0.3 is 23.0 Å². The Labute approximate surface area is 222 Å². The summed E-state index contributed by atoms with van der Waals surface area (Å²) in [5, 5.41) is 14.2. The number of phenols is 1. The average molecular weight is 524 g/mol. The molecule has 0 unspecified atom stereocenters. The summed E-state index contributed by atoms with van der Waals surface area (Å²) in [6.07, 6.45) is 9.73. The second-order valence-corrected chi connectivity index (χ2v) is 7.91. The molecule has 36 heavy (non-hydrogen) atoms. The fourth-order valence-corrected chi connectivity index (χ4v) is 4.24. The molecule has 0 spiro atoms. The summed E-state index contributed by atoms with van der Waals surface area (Å²) in [6, 6.07) is 23.4. The Balaban J connectivity index is 0.00000117. The molecule has 1 aliphatic carbocycles. The summed E-state index contributed by atoms with van der Waals surface area (Å²) in [5.74, 6) is 0.273. The Morgan fingerprint density at radius 3 is 2.42 bits per heavy atom. The zero-order valence-electron chi connectivity index (χ0n) is 19.7. The van der Waals surface area contributed by atoms with Crippen LogP contribution in [0.15, 0.2) is 116 Å². The minimum absolute atomic E-state index is 0. The molecule has 0 bridgehead atoms. The molecule has 0 aliphatic heterocycles. The Morgan fingerprint density at radius 1 is 0.944 bits per heavy atom. The number of benzene rings is 4. The standard InChI is InChI=1S/C29H23NO3.C2H3.Cu/c1-2-29(32)33-24-17-15-20-18-23(16-14-21(20)19-24)30(22-8-4-3-5-9-22)27-12-6-11-26-25(27)10-7-13-28(26)31;1-2;/h2,4,6-19,31H,1,3,5H2;1H,2H2;/q;-1;+1. The van der Waals surface area contributed by atoms with Gasteiger partial charge in [-0.3, -0.25) is 6.58 Å². The first-order chi connectivity index (χ1) is 17.1. The summed E-state index contributed by atoms with van der Waals surface area (Å²) in [5.41, 5.74) is 3.09. The largest absolute Gasteiger partial charge is 1.00 e. The number of anilines is 2. The van der Waals surface area contributed by atoms with Gasteiger partial charge in [0.2, 0.25) is 0 Å². The van der Waals surface area contributed by atoms with E-state index in [-0.39, 0.29) is 22.8 Å². The molecule has 4 aromatic carbocycles. The third-order valence-electron chi connectivity index (χ3n) is 5.79. The SMILES string of the molecule is C=CC(=O)Oc1ccc2cc(N(C3=CCCC=C3)c3cccc4c(O)cccc34)ccc2c1.[CH-]=C.[Cu+]. The van der Waals surface area contributed by atoms with Gasteiger partial charge in [0, 0.05) is 28.2 Å². The Hall–Kier alpha value is -4.05. The van der Waals surface area contributed by atoms with Crippen LogP contribution in [0.1, 0.15) is 12.8 Å². The van der Waals surface area contributed by atoms with Crippen LogP contribution in [0.4, 0.5) is 11.4 Å². The van der Waals surface area contributed by atoms with Crippen LogP contribution >= 0.6 is 0 Å². The molecule has 4 nitrogen and oxygen atoms in total. The van der Waals surface area contributed by atoms with Gasteiger partial charge < -0.3 is 21.3 Å². The van der Waals surface area contributed by atoms with Gasteiger partial charge in [-0.1, -0.05) is 55.1 Å². The molecule has 184 valence electrons. The Kier molecular flexibility index (Phi) is 8.91. The molecule has 0 atom stereocenters. The first-order valence-corrected chi connectivity index (χ1v) is 11.3. The van der Waals surface area contributed by atoms with Gasteiger partial charge in [0.25, 0.3) is 0 Å². The van der Waals surface area contributed by atoms with Crippen LogP contribution in [0.3, 0.4) is 0 Å². The Morgan fingerprint density at radius 2 is 1.67 bits per heavy atom. The predicted octanol–water partition coefficient (Wildman–Crippen LogP) is 7.76. The van der Waals surface area contributed by atoms with Crippen molar-refractivity contribution in [3.63, 3.8) is 0 Å². The van der Waals surface area contributed by atoms with Crippen molar-refractivity contribution in [2.75, 3.05) is 4.90 Å². The normalized spacial score (nSPS) is 12.1. The quantitative estimate of drug-likeness (QED) is 0.0954. The van der Waals surface area contributed by atoms with Gasteiger partial charge in [-0.15, -0.1) is 0 Å².